The van der Waals surface area contributed by atoms with Crippen molar-refractivity contribution in [3.8, 4) is 0 Å². The molecule has 0 spiro atoms. The van der Waals surface area contributed by atoms with Crippen LogP contribution in [0.5, 0.6) is 0 Å². The third kappa shape index (κ3) is 3.55. The predicted molar refractivity (Wildman–Crippen MR) is 70.9 cm³/mol. The maximum absolute atomic E-state index is 10.0. The van der Waals surface area contributed by atoms with Crippen molar-refractivity contribution in [1.82, 2.24) is 0 Å². The van der Waals surface area contributed by atoms with Crippen LogP contribution in [0.1, 0.15) is 13.3 Å². The third-order valence-corrected chi connectivity index (χ3v) is 3.30. The molecule has 5 nitrogen and oxygen atoms in total. The number of benzene rings is 1. The zero-order chi connectivity index (χ0) is 13.8. The van der Waals surface area contributed by atoms with E-state index in [1.54, 1.807) is 26.2 Å². The van der Waals surface area contributed by atoms with Crippen molar-refractivity contribution < 1.29 is 24.3 Å². The minimum Gasteiger partial charge on any atom is -0.423 e. The Balaban J connectivity index is 2.00. The molecular formula is C13H19BO5. The van der Waals surface area contributed by atoms with Crippen LogP contribution in [0.3, 0.4) is 0 Å². The first-order valence-electron chi connectivity index (χ1n) is 6.36. The second kappa shape index (κ2) is 6.50. The zero-order valence-electron chi connectivity index (χ0n) is 11.1. The SMILES string of the molecule is COC1CC(OB(O)c2ccccc2)C(O)C(C)O1. The van der Waals surface area contributed by atoms with Crippen LogP contribution < -0.4 is 5.46 Å². The fourth-order valence-corrected chi connectivity index (χ4v) is 2.16. The highest BCUT2D eigenvalue weighted by molar-refractivity contribution is 6.60. The van der Waals surface area contributed by atoms with Crippen LogP contribution in [0.2, 0.25) is 0 Å². The lowest BCUT2D eigenvalue weighted by Crippen LogP contribution is -2.52. The monoisotopic (exact) mass is 266 g/mol. The van der Waals surface area contributed by atoms with Crippen LogP contribution in [-0.4, -0.2) is 49.0 Å². The molecule has 1 aromatic carbocycles. The van der Waals surface area contributed by atoms with Gasteiger partial charge in [0.15, 0.2) is 6.29 Å². The molecule has 4 unspecified atom stereocenters. The molecule has 0 bridgehead atoms. The van der Waals surface area contributed by atoms with Gasteiger partial charge in [0.1, 0.15) is 6.10 Å². The number of hydrogen-bond acceptors (Lipinski definition) is 5. The Labute approximate surface area is 113 Å². The van der Waals surface area contributed by atoms with Crippen molar-refractivity contribution in [2.45, 2.75) is 37.9 Å². The molecule has 0 radical (unpaired) electrons. The van der Waals surface area contributed by atoms with E-state index >= 15 is 0 Å². The molecule has 6 heteroatoms. The molecule has 19 heavy (non-hydrogen) atoms. The van der Waals surface area contributed by atoms with Crippen molar-refractivity contribution in [1.29, 1.82) is 0 Å². The number of rotatable bonds is 4. The van der Waals surface area contributed by atoms with Crippen LogP contribution in [0.4, 0.5) is 0 Å². The Bertz CT molecular complexity index is 388. The Morgan fingerprint density at radius 3 is 2.63 bits per heavy atom. The molecule has 1 fully saturated rings. The molecule has 2 N–H and O–H groups in total. The third-order valence-electron chi connectivity index (χ3n) is 3.30. The van der Waals surface area contributed by atoms with E-state index in [0.29, 0.717) is 11.9 Å². The van der Waals surface area contributed by atoms with E-state index in [1.807, 2.05) is 18.2 Å². The first-order chi connectivity index (χ1) is 9.11. The van der Waals surface area contributed by atoms with E-state index in [4.69, 9.17) is 14.1 Å². The topological polar surface area (TPSA) is 68.2 Å². The summed E-state index contributed by atoms with van der Waals surface area (Å²) >= 11 is 0. The summed E-state index contributed by atoms with van der Waals surface area (Å²) in [6, 6.07) is 9.05. The fourth-order valence-electron chi connectivity index (χ4n) is 2.16. The quantitative estimate of drug-likeness (QED) is 0.745. The highest BCUT2D eigenvalue weighted by atomic mass is 16.7. The van der Waals surface area contributed by atoms with Gasteiger partial charge in [-0.2, -0.15) is 0 Å². The van der Waals surface area contributed by atoms with Crippen LogP contribution in [0.25, 0.3) is 0 Å². The maximum atomic E-state index is 10.0. The van der Waals surface area contributed by atoms with Crippen molar-refractivity contribution in [2.24, 2.45) is 0 Å². The van der Waals surface area contributed by atoms with E-state index in [9.17, 15) is 10.1 Å². The summed E-state index contributed by atoms with van der Waals surface area (Å²) in [6.45, 7) is 1.75. The average molecular weight is 266 g/mol. The van der Waals surface area contributed by atoms with E-state index in [-0.39, 0.29) is 0 Å². The lowest BCUT2D eigenvalue weighted by atomic mass is 9.79. The van der Waals surface area contributed by atoms with Gasteiger partial charge >= 0.3 is 7.12 Å². The number of methoxy groups -OCH3 is 1. The molecule has 104 valence electrons. The highest BCUT2D eigenvalue weighted by Gasteiger charge is 2.38. The van der Waals surface area contributed by atoms with Gasteiger partial charge in [0, 0.05) is 13.5 Å². The zero-order valence-corrected chi connectivity index (χ0v) is 11.1. The average Bonchev–Trinajstić information content (AvgIpc) is 2.44. The van der Waals surface area contributed by atoms with E-state index in [0.717, 1.165) is 0 Å². The van der Waals surface area contributed by atoms with Gasteiger partial charge in [0.25, 0.3) is 0 Å². The number of aliphatic hydroxyl groups is 1. The summed E-state index contributed by atoms with van der Waals surface area (Å²) in [5.41, 5.74) is 0.655. The highest BCUT2D eigenvalue weighted by Crippen LogP contribution is 2.23. The summed E-state index contributed by atoms with van der Waals surface area (Å²) in [4.78, 5) is 0. The summed E-state index contributed by atoms with van der Waals surface area (Å²) in [7, 11) is 0.475. The molecule has 1 aliphatic rings. The summed E-state index contributed by atoms with van der Waals surface area (Å²) in [6.07, 6.45) is -1.75. The largest absolute Gasteiger partial charge is 0.491 e. The summed E-state index contributed by atoms with van der Waals surface area (Å²) in [5.74, 6) is 0. The first-order valence-corrected chi connectivity index (χ1v) is 6.36. The molecule has 1 heterocycles. The van der Waals surface area contributed by atoms with E-state index in [1.165, 1.54) is 0 Å². The first kappa shape index (κ1) is 14.5. The van der Waals surface area contributed by atoms with Crippen LogP contribution in [-0.2, 0) is 14.1 Å². The van der Waals surface area contributed by atoms with Crippen LogP contribution in [0, 0.1) is 0 Å². The predicted octanol–water partition coefficient (Wildman–Crippen LogP) is -0.0985. The van der Waals surface area contributed by atoms with Gasteiger partial charge in [0.05, 0.1) is 12.2 Å². The molecule has 0 amide bonds. The summed E-state index contributed by atoms with van der Waals surface area (Å²) < 4.78 is 16.1. The Morgan fingerprint density at radius 2 is 2.00 bits per heavy atom. The Morgan fingerprint density at radius 1 is 1.32 bits per heavy atom. The van der Waals surface area contributed by atoms with Crippen LogP contribution >= 0.6 is 0 Å². The smallest absolute Gasteiger partial charge is 0.423 e. The maximum Gasteiger partial charge on any atom is 0.491 e. The molecule has 2 rings (SSSR count). The second-order valence-corrected chi connectivity index (χ2v) is 4.67. The van der Waals surface area contributed by atoms with Gasteiger partial charge in [0.2, 0.25) is 0 Å². The van der Waals surface area contributed by atoms with Gasteiger partial charge in [-0.25, -0.2) is 0 Å². The number of ether oxygens (including phenoxy) is 2. The molecule has 4 atom stereocenters. The number of hydrogen-bond donors (Lipinski definition) is 2. The minimum absolute atomic E-state index is 0.381. The van der Waals surface area contributed by atoms with Crippen molar-refractivity contribution >= 4 is 12.6 Å². The Kier molecular flexibility index (Phi) is 4.96. The van der Waals surface area contributed by atoms with Crippen molar-refractivity contribution in [3.05, 3.63) is 30.3 Å². The number of aliphatic hydroxyl groups excluding tert-OH is 1. The fraction of sp³-hybridized carbons (Fsp3) is 0.538. The molecule has 0 saturated carbocycles. The Hall–Kier alpha value is -0.915. The molecular weight excluding hydrogens is 247 g/mol. The lowest BCUT2D eigenvalue weighted by molar-refractivity contribution is -0.234. The van der Waals surface area contributed by atoms with Gasteiger partial charge < -0.3 is 24.3 Å². The summed E-state index contributed by atoms with van der Waals surface area (Å²) in [5, 5.41) is 20.1. The molecule has 1 saturated heterocycles. The molecule has 0 aromatic heterocycles. The van der Waals surface area contributed by atoms with Gasteiger partial charge in [-0.1, -0.05) is 30.3 Å². The van der Waals surface area contributed by atoms with Crippen molar-refractivity contribution in [2.75, 3.05) is 7.11 Å². The van der Waals surface area contributed by atoms with E-state index in [2.05, 4.69) is 0 Å². The second-order valence-electron chi connectivity index (χ2n) is 4.67. The normalized spacial score (nSPS) is 31.2. The van der Waals surface area contributed by atoms with Gasteiger partial charge in [-0.05, 0) is 12.4 Å². The molecule has 0 aliphatic carbocycles. The minimum atomic E-state index is -1.07. The standard InChI is InChI=1S/C13H19BO5/c1-9-13(15)11(8-12(17-2)18-9)19-14(16)10-6-4-3-5-7-10/h3-7,9,11-13,15-16H,8H2,1-2H3. The molecule has 1 aromatic rings. The lowest BCUT2D eigenvalue weighted by Gasteiger charge is -2.37. The van der Waals surface area contributed by atoms with Gasteiger partial charge in [-0.15, -0.1) is 0 Å². The van der Waals surface area contributed by atoms with Gasteiger partial charge in [-0.3, -0.25) is 0 Å². The molecule has 1 aliphatic heterocycles. The van der Waals surface area contributed by atoms with Crippen LogP contribution in [0.15, 0.2) is 30.3 Å². The van der Waals surface area contributed by atoms with Crippen molar-refractivity contribution in [3.63, 3.8) is 0 Å². The van der Waals surface area contributed by atoms with E-state index < -0.39 is 31.7 Å².